The molecular weight excluding hydrogens is 333 g/mol. The molecular formula is C17H23F3N4O. The quantitative estimate of drug-likeness (QED) is 0.776. The summed E-state index contributed by atoms with van der Waals surface area (Å²) in [5.41, 5.74) is 0.247. The zero-order valence-corrected chi connectivity index (χ0v) is 14.7. The van der Waals surface area contributed by atoms with Gasteiger partial charge in [-0.15, -0.1) is 0 Å². The van der Waals surface area contributed by atoms with Gasteiger partial charge in [-0.3, -0.25) is 9.20 Å². The molecule has 1 N–H and O–H groups in total. The van der Waals surface area contributed by atoms with E-state index in [9.17, 15) is 18.0 Å². The standard InChI is InChI=1S/C17H23F3N4O/c1-4-6-13-15(16(25)21-9-5-10-23(2)3)24-11-12(17(18,19)20)7-8-14(24)22-13/h7-8,11H,4-6,9-10H2,1-3H3,(H,21,25). The number of fused-ring (bicyclic) bond motifs is 1. The summed E-state index contributed by atoms with van der Waals surface area (Å²) in [5.74, 6) is -0.394. The van der Waals surface area contributed by atoms with Crippen LogP contribution in [-0.4, -0.2) is 47.4 Å². The van der Waals surface area contributed by atoms with Gasteiger partial charge in [-0.2, -0.15) is 13.2 Å². The summed E-state index contributed by atoms with van der Waals surface area (Å²) >= 11 is 0. The Labute approximate surface area is 144 Å². The number of amides is 1. The lowest BCUT2D eigenvalue weighted by atomic mass is 10.2. The molecule has 0 saturated heterocycles. The highest BCUT2D eigenvalue weighted by molar-refractivity contribution is 5.94. The molecule has 0 radical (unpaired) electrons. The Bertz CT molecular complexity index is 737. The van der Waals surface area contributed by atoms with Gasteiger partial charge in [-0.25, -0.2) is 4.98 Å². The fourth-order valence-electron chi connectivity index (χ4n) is 2.59. The minimum absolute atomic E-state index is 0.188. The zero-order valence-electron chi connectivity index (χ0n) is 14.7. The maximum atomic E-state index is 13.0. The van der Waals surface area contributed by atoms with Crippen molar-refractivity contribution >= 4 is 11.6 Å². The fraction of sp³-hybridized carbons (Fsp3) is 0.529. The molecule has 138 valence electrons. The monoisotopic (exact) mass is 356 g/mol. The van der Waals surface area contributed by atoms with Crippen molar-refractivity contribution in [3.8, 4) is 0 Å². The van der Waals surface area contributed by atoms with Gasteiger partial charge in [0.25, 0.3) is 5.91 Å². The largest absolute Gasteiger partial charge is 0.417 e. The van der Waals surface area contributed by atoms with E-state index in [1.54, 1.807) is 0 Å². The van der Waals surface area contributed by atoms with Gasteiger partial charge < -0.3 is 10.2 Å². The second-order valence-corrected chi connectivity index (χ2v) is 6.21. The number of pyridine rings is 1. The van der Waals surface area contributed by atoms with Crippen LogP contribution in [0.4, 0.5) is 13.2 Å². The van der Waals surface area contributed by atoms with Crippen LogP contribution in [0, 0.1) is 0 Å². The van der Waals surface area contributed by atoms with Crippen LogP contribution in [0.5, 0.6) is 0 Å². The van der Waals surface area contributed by atoms with E-state index < -0.39 is 17.6 Å². The minimum atomic E-state index is -4.47. The Morgan fingerprint density at radius 3 is 2.64 bits per heavy atom. The smallest absolute Gasteiger partial charge is 0.351 e. The van der Waals surface area contributed by atoms with E-state index in [0.717, 1.165) is 31.6 Å². The molecule has 0 fully saturated rings. The van der Waals surface area contributed by atoms with Crippen LogP contribution in [0.15, 0.2) is 18.3 Å². The number of nitrogens with one attached hydrogen (secondary N) is 1. The summed E-state index contributed by atoms with van der Waals surface area (Å²) in [6.07, 6.45) is -1.49. The molecule has 2 rings (SSSR count). The zero-order chi connectivity index (χ0) is 18.6. The maximum Gasteiger partial charge on any atom is 0.417 e. The molecule has 1 amide bonds. The highest BCUT2D eigenvalue weighted by Gasteiger charge is 2.31. The number of carbonyl (C=O) groups excluding carboxylic acids is 1. The van der Waals surface area contributed by atoms with E-state index in [1.165, 1.54) is 10.5 Å². The van der Waals surface area contributed by atoms with Crippen LogP contribution < -0.4 is 5.32 Å². The molecule has 0 aliphatic rings. The summed E-state index contributed by atoms with van der Waals surface area (Å²) in [6, 6.07) is 2.28. The Morgan fingerprint density at radius 1 is 1.32 bits per heavy atom. The number of imidazole rings is 1. The first-order valence-electron chi connectivity index (χ1n) is 8.25. The van der Waals surface area contributed by atoms with Gasteiger partial charge in [-0.1, -0.05) is 13.3 Å². The molecule has 0 aliphatic heterocycles. The van der Waals surface area contributed by atoms with E-state index in [2.05, 4.69) is 10.3 Å². The van der Waals surface area contributed by atoms with Crippen LogP contribution in [-0.2, 0) is 12.6 Å². The lowest BCUT2D eigenvalue weighted by Gasteiger charge is -2.11. The lowest BCUT2D eigenvalue weighted by molar-refractivity contribution is -0.137. The third kappa shape index (κ3) is 4.72. The topological polar surface area (TPSA) is 49.6 Å². The third-order valence-electron chi connectivity index (χ3n) is 3.79. The van der Waals surface area contributed by atoms with Crippen LogP contribution in [0.2, 0.25) is 0 Å². The molecule has 0 saturated carbocycles. The van der Waals surface area contributed by atoms with Gasteiger partial charge in [0.05, 0.1) is 11.3 Å². The van der Waals surface area contributed by atoms with E-state index >= 15 is 0 Å². The summed E-state index contributed by atoms with van der Waals surface area (Å²) in [6.45, 7) is 3.20. The Balaban J connectivity index is 2.33. The molecule has 25 heavy (non-hydrogen) atoms. The van der Waals surface area contributed by atoms with Crippen molar-refractivity contribution in [3.63, 3.8) is 0 Å². The highest BCUT2D eigenvalue weighted by atomic mass is 19.4. The second kappa shape index (κ2) is 7.86. The molecule has 0 atom stereocenters. The Morgan fingerprint density at radius 2 is 2.04 bits per heavy atom. The van der Waals surface area contributed by atoms with E-state index in [0.29, 0.717) is 24.3 Å². The van der Waals surface area contributed by atoms with Gasteiger partial charge >= 0.3 is 6.18 Å². The first kappa shape index (κ1) is 19.2. The normalized spacial score (nSPS) is 12.1. The van der Waals surface area contributed by atoms with Crippen molar-refractivity contribution in [2.45, 2.75) is 32.4 Å². The number of aryl methyl sites for hydroxylation is 1. The predicted molar refractivity (Wildman–Crippen MR) is 89.7 cm³/mol. The number of carbonyl (C=O) groups is 1. The molecule has 0 spiro atoms. The van der Waals surface area contributed by atoms with Crippen molar-refractivity contribution in [1.82, 2.24) is 19.6 Å². The molecule has 2 heterocycles. The van der Waals surface area contributed by atoms with Crippen LogP contribution in [0.25, 0.3) is 5.65 Å². The Kier molecular flexibility index (Phi) is 6.05. The molecule has 0 bridgehead atoms. The molecule has 0 aromatic carbocycles. The van der Waals surface area contributed by atoms with Crippen molar-refractivity contribution in [2.75, 3.05) is 27.2 Å². The highest BCUT2D eigenvalue weighted by Crippen LogP contribution is 2.30. The number of alkyl halides is 3. The van der Waals surface area contributed by atoms with Gasteiger partial charge in [0, 0.05) is 12.7 Å². The van der Waals surface area contributed by atoms with Crippen molar-refractivity contribution in [1.29, 1.82) is 0 Å². The molecule has 8 heteroatoms. The SMILES string of the molecule is CCCc1nc2ccc(C(F)(F)F)cn2c1C(=O)NCCCN(C)C. The number of halogens is 3. The van der Waals surface area contributed by atoms with Gasteiger partial charge in [0.1, 0.15) is 11.3 Å². The molecule has 0 aliphatic carbocycles. The number of aromatic nitrogens is 2. The lowest BCUT2D eigenvalue weighted by Crippen LogP contribution is -2.29. The number of rotatable bonds is 7. The average molecular weight is 356 g/mol. The second-order valence-electron chi connectivity index (χ2n) is 6.21. The summed E-state index contributed by atoms with van der Waals surface area (Å²) < 4.78 is 40.2. The molecule has 0 unspecified atom stereocenters. The van der Waals surface area contributed by atoms with Gasteiger partial charge in [0.2, 0.25) is 0 Å². The van der Waals surface area contributed by atoms with Crippen molar-refractivity contribution < 1.29 is 18.0 Å². The minimum Gasteiger partial charge on any atom is -0.351 e. The van der Waals surface area contributed by atoms with Crippen molar-refractivity contribution in [3.05, 3.63) is 35.3 Å². The molecule has 2 aromatic heterocycles. The van der Waals surface area contributed by atoms with Crippen LogP contribution in [0.1, 0.15) is 41.5 Å². The maximum absolute atomic E-state index is 13.0. The number of nitrogens with zero attached hydrogens (tertiary/aromatic N) is 3. The van der Waals surface area contributed by atoms with E-state index in [-0.39, 0.29) is 5.69 Å². The summed E-state index contributed by atoms with van der Waals surface area (Å²) in [4.78, 5) is 18.9. The first-order chi connectivity index (χ1) is 11.7. The summed E-state index contributed by atoms with van der Waals surface area (Å²) in [7, 11) is 3.87. The fourth-order valence-corrected chi connectivity index (χ4v) is 2.59. The van der Waals surface area contributed by atoms with E-state index in [1.807, 2.05) is 25.9 Å². The number of hydrogen-bond acceptors (Lipinski definition) is 3. The molecule has 2 aromatic rings. The Hall–Kier alpha value is -2.09. The first-order valence-corrected chi connectivity index (χ1v) is 8.25. The average Bonchev–Trinajstić information content (AvgIpc) is 2.87. The van der Waals surface area contributed by atoms with Gasteiger partial charge in [-0.05, 0) is 45.6 Å². The van der Waals surface area contributed by atoms with E-state index in [4.69, 9.17) is 0 Å². The molecule has 5 nitrogen and oxygen atoms in total. The van der Waals surface area contributed by atoms with Crippen molar-refractivity contribution in [2.24, 2.45) is 0 Å². The predicted octanol–water partition coefficient (Wildman–Crippen LogP) is 2.99. The van der Waals surface area contributed by atoms with Crippen LogP contribution in [0.3, 0.4) is 0 Å². The summed E-state index contributed by atoms with van der Waals surface area (Å²) in [5, 5.41) is 2.78. The third-order valence-corrected chi connectivity index (χ3v) is 3.79. The van der Waals surface area contributed by atoms with Gasteiger partial charge in [0.15, 0.2) is 0 Å². The van der Waals surface area contributed by atoms with Crippen LogP contribution >= 0.6 is 0 Å². The number of hydrogen-bond donors (Lipinski definition) is 1.